The maximum absolute atomic E-state index is 5.97. The van der Waals surface area contributed by atoms with E-state index in [9.17, 15) is 0 Å². The first-order chi connectivity index (χ1) is 12.6. The van der Waals surface area contributed by atoms with Crippen LogP contribution in [0.15, 0.2) is 30.6 Å². The van der Waals surface area contributed by atoms with Crippen molar-refractivity contribution in [3.63, 3.8) is 0 Å². The van der Waals surface area contributed by atoms with Crippen LogP contribution in [-0.2, 0) is 4.74 Å². The van der Waals surface area contributed by atoms with E-state index in [0.29, 0.717) is 10.8 Å². The molecule has 2 heteroatoms. The van der Waals surface area contributed by atoms with Crippen molar-refractivity contribution in [3.05, 3.63) is 36.2 Å². The molecule has 3 fully saturated rings. The molecule has 0 unspecified atom stereocenters. The normalized spacial score (nSPS) is 45.1. The number of hydrogen-bond acceptors (Lipinski definition) is 2. The van der Waals surface area contributed by atoms with Crippen LogP contribution in [0.4, 0.5) is 0 Å². The Morgan fingerprint density at radius 2 is 2.04 bits per heavy atom. The van der Waals surface area contributed by atoms with E-state index in [-0.39, 0.29) is 0 Å². The lowest BCUT2D eigenvalue weighted by Gasteiger charge is -2.58. The summed E-state index contributed by atoms with van der Waals surface area (Å²) in [6.45, 7) is 7.18. The Labute approximate surface area is 158 Å². The molecule has 2 nitrogen and oxygen atoms in total. The zero-order valence-electron chi connectivity index (χ0n) is 16.4. The van der Waals surface area contributed by atoms with Crippen LogP contribution >= 0.6 is 0 Å². The molecule has 1 aromatic heterocycles. The van der Waals surface area contributed by atoms with E-state index in [2.05, 4.69) is 43.2 Å². The molecular formula is C24H33NO. The molecule has 2 saturated carbocycles. The largest absolute Gasteiger partial charge is 0.381 e. The maximum atomic E-state index is 5.97. The summed E-state index contributed by atoms with van der Waals surface area (Å²) in [5, 5.41) is 0. The Morgan fingerprint density at radius 3 is 2.88 bits per heavy atom. The minimum absolute atomic E-state index is 0.356. The van der Waals surface area contributed by atoms with Crippen molar-refractivity contribution in [1.82, 2.24) is 4.98 Å². The molecule has 5 rings (SSSR count). The molecule has 0 aromatic carbocycles. The number of rotatable bonds is 1. The molecule has 1 saturated heterocycles. The minimum atomic E-state index is 0.356. The van der Waals surface area contributed by atoms with Gasteiger partial charge in [0, 0.05) is 25.6 Å². The monoisotopic (exact) mass is 351 g/mol. The second-order valence-electron chi connectivity index (χ2n) is 9.89. The Bertz CT molecular complexity index is 697. The third-order valence-electron chi connectivity index (χ3n) is 8.94. The van der Waals surface area contributed by atoms with Gasteiger partial charge in [-0.25, -0.2) is 0 Å². The molecule has 3 aliphatic carbocycles. The van der Waals surface area contributed by atoms with Gasteiger partial charge in [0.05, 0.1) is 0 Å². The van der Waals surface area contributed by atoms with E-state index in [1.54, 1.807) is 5.57 Å². The van der Waals surface area contributed by atoms with Gasteiger partial charge in [-0.05, 0) is 96.7 Å². The molecule has 0 radical (unpaired) electrons. The van der Waals surface area contributed by atoms with Crippen LogP contribution < -0.4 is 0 Å². The standard InChI is InChI=1S/C24H33NO/c1-23-11-4-14-26-16-18(23)6-7-19-21-9-8-20(17-5-3-13-25-15-17)24(21,2)12-10-22(19)23/h3,5,8,13,15,18-19,21-22H,4,6-7,9-12,14,16H2,1-2H3/t18-,19+,21+,22+,23+,24-/m1/s1. The molecule has 140 valence electrons. The van der Waals surface area contributed by atoms with E-state index in [0.717, 1.165) is 36.9 Å². The molecule has 4 aliphatic rings. The molecule has 0 amide bonds. The Balaban J connectivity index is 1.45. The van der Waals surface area contributed by atoms with Gasteiger partial charge < -0.3 is 4.74 Å². The number of aromatic nitrogens is 1. The van der Waals surface area contributed by atoms with E-state index in [4.69, 9.17) is 4.74 Å². The average molecular weight is 352 g/mol. The van der Waals surface area contributed by atoms with E-state index >= 15 is 0 Å². The van der Waals surface area contributed by atoms with Crippen molar-refractivity contribution in [2.24, 2.45) is 34.5 Å². The van der Waals surface area contributed by atoms with Crippen LogP contribution in [0.5, 0.6) is 0 Å². The van der Waals surface area contributed by atoms with Crippen LogP contribution in [0.1, 0.15) is 64.4 Å². The zero-order chi connectivity index (χ0) is 17.8. The topological polar surface area (TPSA) is 22.1 Å². The van der Waals surface area contributed by atoms with Gasteiger partial charge in [-0.3, -0.25) is 4.98 Å². The summed E-state index contributed by atoms with van der Waals surface area (Å²) >= 11 is 0. The van der Waals surface area contributed by atoms with Gasteiger partial charge in [0.25, 0.3) is 0 Å². The molecule has 1 aromatic rings. The van der Waals surface area contributed by atoms with Gasteiger partial charge in [0.1, 0.15) is 0 Å². The fourth-order valence-corrected chi connectivity index (χ4v) is 7.52. The molecule has 0 bridgehead atoms. The number of nitrogens with zero attached hydrogens (tertiary/aromatic N) is 1. The smallest absolute Gasteiger partial charge is 0.0499 e. The van der Waals surface area contributed by atoms with E-state index in [1.807, 2.05) is 6.20 Å². The molecule has 1 aliphatic heterocycles. The highest BCUT2D eigenvalue weighted by atomic mass is 16.5. The number of fused-ring (bicyclic) bond motifs is 5. The lowest BCUT2D eigenvalue weighted by atomic mass is 9.46. The van der Waals surface area contributed by atoms with Gasteiger partial charge in [-0.1, -0.05) is 26.0 Å². The second kappa shape index (κ2) is 6.19. The highest BCUT2D eigenvalue weighted by molar-refractivity contribution is 5.72. The predicted molar refractivity (Wildman–Crippen MR) is 106 cm³/mol. The summed E-state index contributed by atoms with van der Waals surface area (Å²) in [5.74, 6) is 3.43. The number of pyridine rings is 1. The zero-order valence-corrected chi connectivity index (χ0v) is 16.4. The Hall–Kier alpha value is -1.15. The number of allylic oxidation sites excluding steroid dienone is 2. The molecule has 26 heavy (non-hydrogen) atoms. The van der Waals surface area contributed by atoms with Crippen LogP contribution in [0.3, 0.4) is 0 Å². The third kappa shape index (κ3) is 2.37. The summed E-state index contributed by atoms with van der Waals surface area (Å²) in [5.41, 5.74) is 3.82. The van der Waals surface area contributed by atoms with Crippen molar-refractivity contribution in [2.45, 2.75) is 58.8 Å². The fourth-order valence-electron chi connectivity index (χ4n) is 7.52. The highest BCUT2D eigenvalue weighted by Gasteiger charge is 2.57. The summed E-state index contributed by atoms with van der Waals surface area (Å²) in [6.07, 6.45) is 16.0. The van der Waals surface area contributed by atoms with Crippen LogP contribution in [0.25, 0.3) is 5.57 Å². The Morgan fingerprint density at radius 1 is 1.12 bits per heavy atom. The average Bonchev–Trinajstić information content (AvgIpc) is 2.88. The molecule has 0 spiro atoms. The molecule has 0 N–H and O–H groups in total. The Kier molecular flexibility index (Phi) is 4.04. The van der Waals surface area contributed by atoms with Gasteiger partial charge in [-0.15, -0.1) is 0 Å². The lowest BCUT2D eigenvalue weighted by Crippen LogP contribution is -2.51. The van der Waals surface area contributed by atoms with E-state index < -0.39 is 0 Å². The van der Waals surface area contributed by atoms with Gasteiger partial charge in [0.2, 0.25) is 0 Å². The molecule has 6 atom stereocenters. The summed E-state index contributed by atoms with van der Waals surface area (Å²) in [6, 6.07) is 4.36. The first kappa shape index (κ1) is 17.0. The lowest BCUT2D eigenvalue weighted by molar-refractivity contribution is -0.0884. The van der Waals surface area contributed by atoms with Crippen LogP contribution in [-0.4, -0.2) is 18.2 Å². The van der Waals surface area contributed by atoms with Crippen molar-refractivity contribution in [3.8, 4) is 0 Å². The van der Waals surface area contributed by atoms with Gasteiger partial charge >= 0.3 is 0 Å². The highest BCUT2D eigenvalue weighted by Crippen LogP contribution is 2.66. The summed E-state index contributed by atoms with van der Waals surface area (Å²) < 4.78 is 5.97. The summed E-state index contributed by atoms with van der Waals surface area (Å²) in [4.78, 5) is 4.40. The maximum Gasteiger partial charge on any atom is 0.0499 e. The van der Waals surface area contributed by atoms with Gasteiger partial charge in [-0.2, -0.15) is 0 Å². The minimum Gasteiger partial charge on any atom is -0.381 e. The number of hydrogen-bond donors (Lipinski definition) is 0. The van der Waals surface area contributed by atoms with Crippen molar-refractivity contribution < 1.29 is 4.74 Å². The van der Waals surface area contributed by atoms with Crippen LogP contribution in [0.2, 0.25) is 0 Å². The fraction of sp³-hybridized carbons (Fsp3) is 0.708. The van der Waals surface area contributed by atoms with E-state index in [1.165, 1.54) is 50.5 Å². The third-order valence-corrected chi connectivity index (χ3v) is 8.94. The van der Waals surface area contributed by atoms with Crippen molar-refractivity contribution in [2.75, 3.05) is 13.2 Å². The first-order valence-corrected chi connectivity index (χ1v) is 10.8. The quantitative estimate of drug-likeness (QED) is 0.643. The molecular weight excluding hydrogens is 318 g/mol. The van der Waals surface area contributed by atoms with Gasteiger partial charge in [0.15, 0.2) is 0 Å². The van der Waals surface area contributed by atoms with Crippen molar-refractivity contribution >= 4 is 5.57 Å². The van der Waals surface area contributed by atoms with Crippen LogP contribution in [0, 0.1) is 34.5 Å². The molecule has 2 heterocycles. The summed E-state index contributed by atoms with van der Waals surface area (Å²) in [7, 11) is 0. The number of ether oxygens (including phenoxy) is 1. The first-order valence-electron chi connectivity index (χ1n) is 10.8. The van der Waals surface area contributed by atoms with Crippen molar-refractivity contribution in [1.29, 1.82) is 0 Å². The predicted octanol–water partition coefficient (Wildman–Crippen LogP) is 5.74. The SMILES string of the molecule is C[C@]12CCCOC[C@H]1CC[C@@H]1[C@@H]2CC[C@]2(C)C(c3cccnc3)=CC[C@@H]12. The second-order valence-corrected chi connectivity index (χ2v) is 9.89.